The van der Waals surface area contributed by atoms with E-state index in [0.717, 1.165) is 84.4 Å². The molecule has 0 aliphatic rings. The summed E-state index contributed by atoms with van der Waals surface area (Å²) in [6, 6.07) is 84.5. The van der Waals surface area contributed by atoms with Crippen molar-refractivity contribution >= 4 is 51.4 Å². The van der Waals surface area contributed by atoms with Crippen LogP contribution in [-0.2, 0) is 0 Å². The van der Waals surface area contributed by atoms with E-state index in [1.165, 1.54) is 0 Å². The number of nitrogens with zero attached hydrogens (tertiary/aromatic N) is 3. The molecule has 0 unspecified atom stereocenters. The van der Waals surface area contributed by atoms with Crippen molar-refractivity contribution in [2.75, 3.05) is 19.8 Å². The molecule has 0 atom stereocenters. The lowest BCUT2D eigenvalue weighted by Gasteiger charge is -2.32. The molecule has 9 aromatic carbocycles. The minimum absolute atomic E-state index is 0.337. The molecule has 0 spiro atoms. The van der Waals surface area contributed by atoms with Gasteiger partial charge in [-0.05, 0) is 167 Å². The zero-order valence-electron chi connectivity index (χ0n) is 40.1. The lowest BCUT2D eigenvalue weighted by atomic mass is 9.87. The highest BCUT2D eigenvalue weighted by atomic mass is 16.5. The molecule has 0 aliphatic carbocycles. The molecule has 0 aromatic heterocycles. The first-order valence-corrected chi connectivity index (χ1v) is 24.1. The minimum atomic E-state index is -0.553. The van der Waals surface area contributed by atoms with Crippen molar-refractivity contribution in [1.29, 1.82) is 0 Å². The van der Waals surface area contributed by atoms with Gasteiger partial charge in [-0.25, -0.2) is 15.0 Å². The number of hydrogen-bond acceptors (Lipinski definition) is 6. The quantitative estimate of drug-likeness (QED) is 0.0759. The highest BCUT2D eigenvalue weighted by Gasteiger charge is 2.32. The molecule has 6 nitrogen and oxygen atoms in total. The maximum Gasteiger partial charge on any atom is 0.119 e. The molecule has 0 saturated heterocycles. The first-order valence-electron chi connectivity index (χ1n) is 24.1. The fraction of sp³-hybridized carbons (Fsp3) is 0.0909. The Hall–Kier alpha value is -9.27. The molecule has 0 radical (unpaired) electrons. The average Bonchev–Trinajstić information content (AvgIpc) is 3.46. The highest BCUT2D eigenvalue weighted by molar-refractivity contribution is 6.01. The lowest BCUT2D eigenvalue weighted by Crippen LogP contribution is -2.40. The van der Waals surface area contributed by atoms with Crippen LogP contribution in [0.4, 0.5) is 17.1 Å². The predicted molar refractivity (Wildman–Crippen MR) is 296 cm³/mol. The summed E-state index contributed by atoms with van der Waals surface area (Å²) >= 11 is 0. The third-order valence-electron chi connectivity index (χ3n) is 12.2. The van der Waals surface area contributed by atoms with Gasteiger partial charge < -0.3 is 14.2 Å². The van der Waals surface area contributed by atoms with Crippen LogP contribution in [0.15, 0.2) is 270 Å². The zero-order chi connectivity index (χ0) is 49.1. The summed E-state index contributed by atoms with van der Waals surface area (Å²) in [5.74, 6) is 12.2. The number of aliphatic imine (C=N–C) groups is 3. The number of rotatable bonds is 19. The Morgan fingerprint density at radius 1 is 0.306 bits per heavy atom. The van der Waals surface area contributed by atoms with Gasteiger partial charge in [0.25, 0.3) is 0 Å². The predicted octanol–water partition coefficient (Wildman–Crippen LogP) is 15.9. The van der Waals surface area contributed by atoms with E-state index >= 15 is 0 Å². The van der Waals surface area contributed by atoms with Crippen molar-refractivity contribution in [1.82, 2.24) is 0 Å². The smallest absolute Gasteiger partial charge is 0.119 e. The summed E-state index contributed by atoms with van der Waals surface area (Å²) < 4.78 is 20.0. The van der Waals surface area contributed by atoms with E-state index in [1.54, 1.807) is 0 Å². The molecule has 0 heterocycles. The normalized spacial score (nSPS) is 11.3. The van der Waals surface area contributed by atoms with E-state index in [-0.39, 0.29) is 0 Å². The first kappa shape index (κ1) is 47.8. The van der Waals surface area contributed by atoms with E-state index in [2.05, 4.69) is 112 Å². The van der Waals surface area contributed by atoms with Crippen molar-refractivity contribution in [3.8, 4) is 17.2 Å². The standard InChI is InChI=1S/C66H53N3O3/c1-2-66(48-70-60-39-33-54(34-40-60)63(51-21-9-3-10-22-51)45-67-57-27-15-6-16-28-57,49-71-61-41-35-55(36-42-61)64(52-23-11-4-12-24-52)46-68-58-29-17-7-18-30-58)50-72-62-43-37-56(38-44-62)65(53-25-13-5-14-26-53)47-69-59-31-19-8-20-32-59/h3-44H,2,48-50H2,1H3. The molecule has 0 aliphatic heterocycles. The molecule has 6 heteroatoms. The van der Waals surface area contributed by atoms with Crippen LogP contribution in [0.1, 0.15) is 46.7 Å². The molecule has 0 saturated carbocycles. The topological polar surface area (TPSA) is 64.8 Å². The summed E-state index contributed by atoms with van der Waals surface area (Å²) in [4.78, 5) is 14.0. The number of hydrogen-bond donors (Lipinski definition) is 0. The molecule has 0 N–H and O–H groups in total. The van der Waals surface area contributed by atoms with Crippen LogP contribution in [0, 0.1) is 5.41 Å². The van der Waals surface area contributed by atoms with Crippen LogP contribution in [-0.4, -0.2) is 37.4 Å². The van der Waals surface area contributed by atoms with E-state index in [1.807, 2.05) is 182 Å². The summed E-state index contributed by atoms with van der Waals surface area (Å²) in [5.41, 5.74) is 10.6. The Morgan fingerprint density at radius 3 is 0.764 bits per heavy atom. The molecule has 72 heavy (non-hydrogen) atoms. The van der Waals surface area contributed by atoms with E-state index in [0.29, 0.717) is 26.2 Å². The molecule has 350 valence electrons. The number of para-hydroxylation sites is 3. The van der Waals surface area contributed by atoms with Crippen molar-refractivity contribution < 1.29 is 14.2 Å². The van der Waals surface area contributed by atoms with Crippen molar-refractivity contribution in [3.05, 3.63) is 288 Å². The Bertz CT molecular complexity index is 2960. The van der Waals surface area contributed by atoms with Crippen LogP contribution in [0.5, 0.6) is 17.2 Å². The number of benzene rings is 9. The summed E-state index contributed by atoms with van der Waals surface area (Å²) in [5, 5.41) is 0. The molecule has 9 aromatic rings. The maximum atomic E-state index is 6.68. The molecule has 0 bridgehead atoms. The van der Waals surface area contributed by atoms with Gasteiger partial charge >= 0.3 is 0 Å². The van der Waals surface area contributed by atoms with Gasteiger partial charge in [0.2, 0.25) is 0 Å². The van der Waals surface area contributed by atoms with Crippen LogP contribution < -0.4 is 14.2 Å². The van der Waals surface area contributed by atoms with Gasteiger partial charge in [-0.3, -0.25) is 0 Å². The molecule has 0 fully saturated rings. The van der Waals surface area contributed by atoms with Crippen LogP contribution in [0.2, 0.25) is 0 Å². The van der Waals surface area contributed by atoms with Gasteiger partial charge in [0, 0.05) is 0 Å². The first-order chi connectivity index (χ1) is 35.6. The second-order valence-corrected chi connectivity index (χ2v) is 17.2. The Balaban J connectivity index is 0.971. The molecule has 9 rings (SSSR count). The van der Waals surface area contributed by atoms with E-state index in [4.69, 9.17) is 14.2 Å². The second-order valence-electron chi connectivity index (χ2n) is 17.2. The summed E-state index contributed by atoms with van der Waals surface area (Å²) in [6.45, 7) is 3.16. The van der Waals surface area contributed by atoms with Crippen molar-refractivity contribution in [2.24, 2.45) is 20.4 Å². The fourth-order valence-corrected chi connectivity index (χ4v) is 7.86. The Kier molecular flexibility index (Phi) is 16.1. The Morgan fingerprint density at radius 2 is 0.528 bits per heavy atom. The fourth-order valence-electron chi connectivity index (χ4n) is 7.86. The van der Waals surface area contributed by atoms with E-state index < -0.39 is 5.41 Å². The van der Waals surface area contributed by atoms with Gasteiger partial charge in [-0.2, -0.15) is 0 Å². The van der Waals surface area contributed by atoms with Crippen molar-refractivity contribution in [3.63, 3.8) is 0 Å². The van der Waals surface area contributed by atoms with Gasteiger partial charge in [0.05, 0.1) is 39.2 Å². The van der Waals surface area contributed by atoms with Gasteiger partial charge in [0.1, 0.15) is 37.1 Å². The molecular weight excluding hydrogens is 883 g/mol. The molecule has 0 amide bonds. The highest BCUT2D eigenvalue weighted by Crippen LogP contribution is 2.32. The zero-order valence-corrected chi connectivity index (χ0v) is 40.1. The van der Waals surface area contributed by atoms with Crippen LogP contribution in [0.25, 0.3) is 16.7 Å². The Labute approximate surface area is 422 Å². The summed E-state index contributed by atoms with van der Waals surface area (Å²) in [6.07, 6.45) is 0.714. The average molecular weight is 936 g/mol. The van der Waals surface area contributed by atoms with Gasteiger partial charge in [-0.15, -0.1) is 0 Å². The number of ether oxygens (including phenoxy) is 3. The van der Waals surface area contributed by atoms with Crippen molar-refractivity contribution in [2.45, 2.75) is 13.3 Å². The monoisotopic (exact) mass is 935 g/mol. The van der Waals surface area contributed by atoms with Crippen LogP contribution in [0.3, 0.4) is 0 Å². The second kappa shape index (κ2) is 24.3. The van der Waals surface area contributed by atoms with Crippen LogP contribution >= 0.6 is 0 Å². The third kappa shape index (κ3) is 13.1. The van der Waals surface area contributed by atoms with Gasteiger partial charge in [0.15, 0.2) is 0 Å². The minimum Gasteiger partial charge on any atom is -0.493 e. The van der Waals surface area contributed by atoms with Gasteiger partial charge in [-0.1, -0.05) is 153 Å². The largest absolute Gasteiger partial charge is 0.493 e. The summed E-state index contributed by atoms with van der Waals surface area (Å²) in [7, 11) is 0. The molecular formula is C66H53N3O3. The SMILES string of the molecule is CCC(COc1ccc(C(=C=Nc2ccccc2)c2ccccc2)cc1)(COc1ccc(C(=C=Nc2ccccc2)c2ccccc2)cc1)COc1ccc(C(=C=Nc2ccccc2)c2ccccc2)cc1. The van der Waals surface area contributed by atoms with E-state index in [9.17, 15) is 0 Å². The maximum absolute atomic E-state index is 6.68. The third-order valence-corrected chi connectivity index (χ3v) is 12.2. The lowest BCUT2D eigenvalue weighted by molar-refractivity contribution is 0.0293.